The average molecular weight is 454 g/mol. The second-order valence-corrected chi connectivity index (χ2v) is 8.80. The van der Waals surface area contributed by atoms with Gasteiger partial charge >= 0.3 is 0 Å². The number of carbonyl (C=O) groups is 1. The van der Waals surface area contributed by atoms with Crippen molar-refractivity contribution < 1.29 is 4.79 Å². The number of piperidine rings is 1. The second-order valence-electron chi connectivity index (χ2n) is 8.80. The van der Waals surface area contributed by atoms with Crippen LogP contribution in [-0.2, 0) is 11.3 Å². The van der Waals surface area contributed by atoms with Gasteiger partial charge in [0, 0.05) is 25.0 Å². The number of benzene rings is 2. The molecule has 1 saturated heterocycles. The normalized spacial score (nSPS) is 15.9. The first-order valence-electron chi connectivity index (χ1n) is 11.6. The van der Waals surface area contributed by atoms with Crippen LogP contribution in [0.3, 0.4) is 0 Å². The van der Waals surface area contributed by atoms with E-state index in [4.69, 9.17) is 0 Å². The molecule has 3 heterocycles. The number of fused-ring (bicyclic) bond motifs is 1. The molecule has 34 heavy (non-hydrogen) atoms. The summed E-state index contributed by atoms with van der Waals surface area (Å²) in [7, 11) is 0. The monoisotopic (exact) mass is 453 g/mol. The van der Waals surface area contributed by atoms with Crippen molar-refractivity contribution in [2.45, 2.75) is 26.3 Å². The lowest BCUT2D eigenvalue weighted by atomic mass is 9.97. The molecule has 0 spiro atoms. The summed E-state index contributed by atoms with van der Waals surface area (Å²) < 4.78 is 1.68. The standard InChI is InChI=1S/C27H27N5O2/c1-19-11-13-22(14-12-19)29-26(33)21-9-6-16-31(18-21)25-27(34)32(17-20-7-3-2-4-8-20)24-23(30-25)10-5-15-28-24/h2-5,7-8,10-15,21H,6,9,16-18H2,1H3,(H,29,33)/t21-/m1/s1. The highest BCUT2D eigenvalue weighted by Crippen LogP contribution is 2.23. The summed E-state index contributed by atoms with van der Waals surface area (Å²) in [6, 6.07) is 21.3. The molecule has 7 nitrogen and oxygen atoms in total. The quantitative estimate of drug-likeness (QED) is 0.494. The second kappa shape index (κ2) is 9.47. The first-order valence-corrected chi connectivity index (χ1v) is 11.6. The fraction of sp³-hybridized carbons (Fsp3) is 0.259. The van der Waals surface area contributed by atoms with E-state index in [0.717, 1.165) is 29.7 Å². The minimum absolute atomic E-state index is 0.0272. The zero-order valence-electron chi connectivity index (χ0n) is 19.1. The molecule has 5 rings (SSSR count). The van der Waals surface area contributed by atoms with E-state index in [1.807, 2.05) is 78.6 Å². The van der Waals surface area contributed by atoms with E-state index in [1.165, 1.54) is 0 Å². The maximum atomic E-state index is 13.6. The molecule has 0 unspecified atom stereocenters. The van der Waals surface area contributed by atoms with Crippen molar-refractivity contribution in [2.24, 2.45) is 5.92 Å². The Hall–Kier alpha value is -4.00. The highest BCUT2D eigenvalue weighted by Gasteiger charge is 2.29. The minimum atomic E-state index is -0.219. The summed E-state index contributed by atoms with van der Waals surface area (Å²) in [5, 5.41) is 3.02. The highest BCUT2D eigenvalue weighted by atomic mass is 16.2. The van der Waals surface area contributed by atoms with Gasteiger partial charge in [-0.05, 0) is 49.6 Å². The Morgan fingerprint density at radius 3 is 2.65 bits per heavy atom. The molecule has 1 N–H and O–H groups in total. The summed E-state index contributed by atoms with van der Waals surface area (Å²) in [5.74, 6) is 0.133. The minimum Gasteiger partial charge on any atom is -0.351 e. The molecule has 7 heteroatoms. The Labute approximate surface area is 198 Å². The van der Waals surface area contributed by atoms with E-state index >= 15 is 0 Å². The predicted molar refractivity (Wildman–Crippen MR) is 134 cm³/mol. The largest absolute Gasteiger partial charge is 0.351 e. The van der Waals surface area contributed by atoms with Gasteiger partial charge < -0.3 is 10.2 Å². The Morgan fingerprint density at radius 1 is 1.06 bits per heavy atom. The number of aryl methyl sites for hydroxylation is 1. The van der Waals surface area contributed by atoms with Gasteiger partial charge in [0.2, 0.25) is 5.91 Å². The van der Waals surface area contributed by atoms with Crippen LogP contribution in [0.1, 0.15) is 24.0 Å². The molecule has 1 aliphatic rings. The van der Waals surface area contributed by atoms with Gasteiger partial charge in [0.15, 0.2) is 11.5 Å². The van der Waals surface area contributed by atoms with Gasteiger partial charge in [0.25, 0.3) is 5.56 Å². The molecule has 2 aromatic heterocycles. The summed E-state index contributed by atoms with van der Waals surface area (Å²) in [5.41, 5.74) is 3.99. The van der Waals surface area contributed by atoms with Crippen molar-refractivity contribution in [3.8, 4) is 0 Å². The molecule has 1 fully saturated rings. The Morgan fingerprint density at radius 2 is 1.85 bits per heavy atom. The van der Waals surface area contributed by atoms with Crippen molar-refractivity contribution in [1.29, 1.82) is 0 Å². The van der Waals surface area contributed by atoms with Crippen molar-refractivity contribution in [3.63, 3.8) is 0 Å². The van der Waals surface area contributed by atoms with E-state index in [2.05, 4.69) is 15.3 Å². The summed E-state index contributed by atoms with van der Waals surface area (Å²) >= 11 is 0. The van der Waals surface area contributed by atoms with E-state index in [0.29, 0.717) is 36.6 Å². The van der Waals surface area contributed by atoms with Crippen LogP contribution in [0.15, 0.2) is 77.7 Å². The van der Waals surface area contributed by atoms with Gasteiger partial charge in [0.1, 0.15) is 5.52 Å². The number of carbonyl (C=O) groups excluding carboxylic acids is 1. The zero-order valence-corrected chi connectivity index (χ0v) is 19.1. The smallest absolute Gasteiger partial charge is 0.295 e. The van der Waals surface area contributed by atoms with Gasteiger partial charge in [0.05, 0.1) is 12.5 Å². The Kier molecular flexibility index (Phi) is 6.08. The van der Waals surface area contributed by atoms with Crippen LogP contribution in [0.5, 0.6) is 0 Å². The lowest BCUT2D eigenvalue weighted by molar-refractivity contribution is -0.120. The first kappa shape index (κ1) is 21.8. The zero-order chi connectivity index (χ0) is 23.5. The van der Waals surface area contributed by atoms with E-state index in [9.17, 15) is 9.59 Å². The van der Waals surface area contributed by atoms with E-state index in [1.54, 1.807) is 10.8 Å². The van der Waals surface area contributed by atoms with Gasteiger partial charge in [-0.15, -0.1) is 0 Å². The van der Waals surface area contributed by atoms with Gasteiger partial charge in [-0.1, -0.05) is 48.0 Å². The Balaban J connectivity index is 1.44. The van der Waals surface area contributed by atoms with Crippen LogP contribution >= 0.6 is 0 Å². The molecule has 0 bridgehead atoms. The first-order chi connectivity index (χ1) is 16.6. The third-order valence-electron chi connectivity index (χ3n) is 6.28. The third-order valence-corrected chi connectivity index (χ3v) is 6.28. The molecule has 0 radical (unpaired) electrons. The molecule has 172 valence electrons. The number of pyridine rings is 1. The van der Waals surface area contributed by atoms with Gasteiger partial charge in [-0.25, -0.2) is 9.97 Å². The number of aromatic nitrogens is 3. The average Bonchev–Trinajstić information content (AvgIpc) is 2.87. The van der Waals surface area contributed by atoms with Crippen molar-refractivity contribution in [1.82, 2.24) is 14.5 Å². The predicted octanol–water partition coefficient (Wildman–Crippen LogP) is 4.00. The van der Waals surface area contributed by atoms with Crippen LogP contribution in [0.4, 0.5) is 11.5 Å². The van der Waals surface area contributed by atoms with Crippen LogP contribution in [-0.4, -0.2) is 33.5 Å². The van der Waals surface area contributed by atoms with Crippen molar-refractivity contribution in [2.75, 3.05) is 23.3 Å². The van der Waals surface area contributed by atoms with E-state index in [-0.39, 0.29) is 17.4 Å². The highest BCUT2D eigenvalue weighted by molar-refractivity contribution is 5.93. The fourth-order valence-corrected chi connectivity index (χ4v) is 4.45. The third kappa shape index (κ3) is 4.55. The number of anilines is 2. The van der Waals surface area contributed by atoms with E-state index < -0.39 is 0 Å². The number of hydrogen-bond donors (Lipinski definition) is 1. The summed E-state index contributed by atoms with van der Waals surface area (Å²) in [4.78, 5) is 37.7. The van der Waals surface area contributed by atoms with Crippen LogP contribution < -0.4 is 15.8 Å². The number of amides is 1. The molecule has 1 amide bonds. The SMILES string of the molecule is Cc1ccc(NC(=O)[C@@H]2CCCN(c3nc4cccnc4n(Cc4ccccc4)c3=O)C2)cc1. The number of nitrogens with one attached hydrogen (secondary N) is 1. The lowest BCUT2D eigenvalue weighted by Crippen LogP contribution is -2.44. The molecular formula is C27H27N5O2. The molecule has 1 aliphatic heterocycles. The maximum absolute atomic E-state index is 13.6. The fourth-order valence-electron chi connectivity index (χ4n) is 4.45. The lowest BCUT2D eigenvalue weighted by Gasteiger charge is -2.32. The van der Waals surface area contributed by atoms with Crippen LogP contribution in [0.2, 0.25) is 0 Å². The van der Waals surface area contributed by atoms with Crippen molar-refractivity contribution in [3.05, 3.63) is 94.4 Å². The summed E-state index contributed by atoms with van der Waals surface area (Å²) in [6.07, 6.45) is 3.27. The Bertz CT molecular complexity index is 1370. The number of hydrogen-bond acceptors (Lipinski definition) is 5. The maximum Gasteiger partial charge on any atom is 0.295 e. The molecule has 0 aliphatic carbocycles. The molecule has 4 aromatic rings. The molecule has 0 saturated carbocycles. The molecule has 1 atom stereocenters. The van der Waals surface area contributed by atoms with Gasteiger partial charge in [-0.2, -0.15) is 0 Å². The van der Waals surface area contributed by atoms with Crippen LogP contribution in [0.25, 0.3) is 11.2 Å². The molecule has 2 aromatic carbocycles. The molecular weight excluding hydrogens is 426 g/mol. The number of rotatable bonds is 5. The topological polar surface area (TPSA) is 80.1 Å². The van der Waals surface area contributed by atoms with Gasteiger partial charge in [-0.3, -0.25) is 14.2 Å². The summed E-state index contributed by atoms with van der Waals surface area (Å²) in [6.45, 7) is 3.57. The number of nitrogens with zero attached hydrogens (tertiary/aromatic N) is 4. The van der Waals surface area contributed by atoms with Crippen LogP contribution in [0, 0.1) is 12.8 Å². The van der Waals surface area contributed by atoms with Crippen molar-refractivity contribution >= 4 is 28.6 Å².